The Morgan fingerprint density at radius 1 is 0.808 bits per heavy atom. The van der Waals surface area contributed by atoms with Gasteiger partial charge in [0.1, 0.15) is 0 Å². The van der Waals surface area contributed by atoms with E-state index in [4.69, 9.17) is 11.6 Å². The van der Waals surface area contributed by atoms with E-state index in [1.807, 2.05) is 60.7 Å². The molecule has 0 aromatic heterocycles. The topological polar surface area (TPSA) is 12.4 Å². The van der Waals surface area contributed by atoms with Gasteiger partial charge >= 0.3 is 0 Å². The Balaban J connectivity index is 1.70. The molecule has 0 N–H and O–H groups in total. The highest BCUT2D eigenvalue weighted by atomic mass is 35.5. The van der Waals surface area contributed by atoms with E-state index in [9.17, 15) is 0 Å². The fraction of sp³-hybridized carbons (Fsp3) is 0.0833. The van der Waals surface area contributed by atoms with E-state index in [2.05, 4.69) is 47.3 Å². The maximum atomic E-state index is 5.90. The molecule has 0 aliphatic rings. The molecule has 0 fully saturated rings. The molecule has 3 aromatic rings. The Hall–Kier alpha value is -2.86. The Kier molecular flexibility index (Phi) is 6.61. The maximum Gasteiger partial charge on any atom is 0.0518 e. The molecule has 1 nitrogen and oxygen atoms in total. The van der Waals surface area contributed by atoms with Gasteiger partial charge < -0.3 is 0 Å². The summed E-state index contributed by atoms with van der Waals surface area (Å²) in [5, 5.41) is 0.756. The third-order valence-electron chi connectivity index (χ3n) is 3.90. The normalized spacial score (nSPS) is 10.5. The van der Waals surface area contributed by atoms with E-state index < -0.39 is 0 Å². The quantitative estimate of drug-likeness (QED) is 0.350. The molecule has 0 saturated heterocycles. The number of rotatable bonds is 6. The van der Waals surface area contributed by atoms with Gasteiger partial charge in [-0.1, -0.05) is 96.5 Å². The third kappa shape index (κ3) is 5.32. The zero-order valence-electron chi connectivity index (χ0n) is 14.5. The van der Waals surface area contributed by atoms with Crippen LogP contribution in [0, 0.1) is 0 Å². The lowest BCUT2D eigenvalue weighted by Gasteiger charge is -2.04. The van der Waals surface area contributed by atoms with Crippen LogP contribution in [-0.2, 0) is 0 Å². The molecule has 0 saturated carbocycles. The number of benzene rings is 3. The Morgan fingerprint density at radius 2 is 1.38 bits per heavy atom. The van der Waals surface area contributed by atoms with E-state index in [1.165, 1.54) is 0 Å². The van der Waals surface area contributed by atoms with Crippen molar-refractivity contribution in [1.82, 2.24) is 0 Å². The minimum atomic E-state index is 0.702. The Bertz CT molecular complexity index is 862. The molecule has 0 atom stereocenters. The van der Waals surface area contributed by atoms with Gasteiger partial charge in [-0.3, -0.25) is 0 Å². The number of halogens is 1. The highest BCUT2D eigenvalue weighted by Crippen LogP contribution is 2.20. The summed E-state index contributed by atoms with van der Waals surface area (Å²) in [6.45, 7) is 0.702. The molecule has 3 rings (SSSR count). The fourth-order valence-corrected chi connectivity index (χ4v) is 2.70. The van der Waals surface area contributed by atoms with Crippen LogP contribution in [0.4, 0.5) is 0 Å². The molecule has 0 aliphatic heterocycles. The van der Waals surface area contributed by atoms with Crippen molar-refractivity contribution in [2.45, 2.75) is 6.42 Å². The Labute approximate surface area is 160 Å². The minimum absolute atomic E-state index is 0.702. The van der Waals surface area contributed by atoms with E-state index >= 15 is 0 Å². The molecule has 0 aliphatic carbocycles. The van der Waals surface area contributed by atoms with Crippen LogP contribution in [0.3, 0.4) is 0 Å². The zero-order valence-corrected chi connectivity index (χ0v) is 15.2. The van der Waals surface area contributed by atoms with Gasteiger partial charge in [-0.2, -0.15) is 0 Å². The van der Waals surface area contributed by atoms with Gasteiger partial charge in [0, 0.05) is 5.02 Å². The second-order valence-electron chi connectivity index (χ2n) is 5.84. The van der Waals surface area contributed by atoms with Crippen LogP contribution in [0.2, 0.25) is 5.02 Å². The standard InChI is InChI=1S/C24H20ClN/c25-23-16-14-20(15-17-23)9-7-8-18-26-19-24(21-10-3-1-4-11-21)22-12-5-2-6-13-22/h1-7,9-17H,8,18H2/b9-7-. The molecule has 2 heteroatoms. The molecule has 0 spiro atoms. The summed E-state index contributed by atoms with van der Waals surface area (Å²) < 4.78 is 0. The minimum Gasteiger partial charge on any atom is -0.242 e. The first-order chi connectivity index (χ1) is 12.8. The molecule has 0 heterocycles. The highest BCUT2D eigenvalue weighted by molar-refractivity contribution is 6.30. The second-order valence-corrected chi connectivity index (χ2v) is 6.28. The number of hydrogen-bond donors (Lipinski definition) is 0. The third-order valence-corrected chi connectivity index (χ3v) is 4.16. The SMILES string of the molecule is Clc1ccc(/C=C\CCN=C=C(c2ccccc2)c2ccccc2)cc1. The monoisotopic (exact) mass is 357 g/mol. The van der Waals surface area contributed by atoms with Crippen molar-refractivity contribution >= 4 is 29.1 Å². The summed E-state index contributed by atoms with van der Waals surface area (Å²) in [6.07, 6.45) is 5.08. The summed E-state index contributed by atoms with van der Waals surface area (Å²) in [5.41, 5.74) is 4.41. The average molecular weight is 358 g/mol. The van der Waals surface area contributed by atoms with Crippen LogP contribution in [0.1, 0.15) is 23.1 Å². The molecular formula is C24H20ClN. The van der Waals surface area contributed by atoms with Crippen molar-refractivity contribution in [1.29, 1.82) is 0 Å². The summed E-state index contributed by atoms with van der Waals surface area (Å²) in [6, 6.07) is 28.3. The van der Waals surface area contributed by atoms with Gasteiger partial charge in [-0.05, 0) is 41.1 Å². The Morgan fingerprint density at radius 3 is 1.96 bits per heavy atom. The first kappa shape index (κ1) is 17.9. The van der Waals surface area contributed by atoms with Gasteiger partial charge in [0.15, 0.2) is 0 Å². The van der Waals surface area contributed by atoms with Gasteiger partial charge in [0.05, 0.1) is 12.1 Å². The van der Waals surface area contributed by atoms with Crippen LogP contribution >= 0.6 is 11.6 Å². The van der Waals surface area contributed by atoms with Crippen LogP contribution < -0.4 is 0 Å². The summed E-state index contributed by atoms with van der Waals surface area (Å²) in [7, 11) is 0. The average Bonchev–Trinajstić information content (AvgIpc) is 2.70. The predicted molar refractivity (Wildman–Crippen MR) is 113 cm³/mol. The van der Waals surface area contributed by atoms with Gasteiger partial charge in [-0.15, -0.1) is 0 Å². The van der Waals surface area contributed by atoms with Crippen molar-refractivity contribution in [2.75, 3.05) is 6.54 Å². The lowest BCUT2D eigenvalue weighted by atomic mass is 9.99. The molecule has 26 heavy (non-hydrogen) atoms. The largest absolute Gasteiger partial charge is 0.242 e. The predicted octanol–water partition coefficient (Wildman–Crippen LogP) is 6.54. The molecule has 0 amide bonds. The van der Waals surface area contributed by atoms with Crippen molar-refractivity contribution < 1.29 is 0 Å². The highest BCUT2D eigenvalue weighted by Gasteiger charge is 2.03. The molecule has 0 bridgehead atoms. The lowest BCUT2D eigenvalue weighted by Crippen LogP contribution is -1.88. The summed E-state index contributed by atoms with van der Waals surface area (Å²) in [5.74, 6) is 3.25. The molecule has 0 radical (unpaired) electrons. The maximum absolute atomic E-state index is 5.90. The first-order valence-corrected chi connectivity index (χ1v) is 9.03. The number of nitrogens with zero attached hydrogens (tertiary/aromatic N) is 1. The lowest BCUT2D eigenvalue weighted by molar-refractivity contribution is 1.02. The van der Waals surface area contributed by atoms with E-state index in [0.29, 0.717) is 6.54 Å². The second kappa shape index (κ2) is 9.58. The number of aliphatic imine (C=N–C) groups is 1. The van der Waals surface area contributed by atoms with Crippen LogP contribution in [0.15, 0.2) is 96.0 Å². The van der Waals surface area contributed by atoms with Crippen LogP contribution in [0.5, 0.6) is 0 Å². The van der Waals surface area contributed by atoms with Gasteiger partial charge in [0.25, 0.3) is 0 Å². The van der Waals surface area contributed by atoms with Gasteiger partial charge in [0.2, 0.25) is 0 Å². The van der Waals surface area contributed by atoms with Crippen molar-refractivity contribution in [3.05, 3.63) is 113 Å². The fourth-order valence-electron chi connectivity index (χ4n) is 2.57. The number of hydrogen-bond acceptors (Lipinski definition) is 1. The van der Waals surface area contributed by atoms with E-state index in [-0.39, 0.29) is 0 Å². The van der Waals surface area contributed by atoms with Crippen molar-refractivity contribution in [3.8, 4) is 0 Å². The van der Waals surface area contributed by atoms with Crippen LogP contribution in [0.25, 0.3) is 11.6 Å². The molecular weight excluding hydrogens is 338 g/mol. The summed E-state index contributed by atoms with van der Waals surface area (Å²) in [4.78, 5) is 4.51. The van der Waals surface area contributed by atoms with E-state index in [1.54, 1.807) is 0 Å². The van der Waals surface area contributed by atoms with Crippen molar-refractivity contribution in [2.24, 2.45) is 4.99 Å². The molecule has 128 valence electrons. The smallest absolute Gasteiger partial charge is 0.0518 e. The molecule has 3 aromatic carbocycles. The van der Waals surface area contributed by atoms with Gasteiger partial charge in [-0.25, -0.2) is 4.99 Å². The summed E-state index contributed by atoms with van der Waals surface area (Å²) >= 11 is 5.90. The molecule has 0 unspecified atom stereocenters. The zero-order chi connectivity index (χ0) is 18.0. The van der Waals surface area contributed by atoms with Crippen LogP contribution in [-0.4, -0.2) is 12.4 Å². The first-order valence-electron chi connectivity index (χ1n) is 8.65. The van der Waals surface area contributed by atoms with Crippen molar-refractivity contribution in [3.63, 3.8) is 0 Å². The van der Waals surface area contributed by atoms with E-state index in [0.717, 1.165) is 33.7 Å².